The van der Waals surface area contributed by atoms with Crippen LogP contribution in [0, 0.1) is 5.92 Å². The molecule has 0 radical (unpaired) electrons. The van der Waals surface area contributed by atoms with E-state index in [1.807, 2.05) is 0 Å². The summed E-state index contributed by atoms with van der Waals surface area (Å²) in [5.74, 6) is -0.953. The summed E-state index contributed by atoms with van der Waals surface area (Å²) in [6.07, 6.45) is 1.40. The average molecular weight is 243 g/mol. The van der Waals surface area contributed by atoms with Gasteiger partial charge >= 0.3 is 12.1 Å². The molecular formula is C12H21NO4. The number of alkyl carbamates (subject to hydrolysis) is 1. The Morgan fingerprint density at radius 1 is 1.35 bits per heavy atom. The lowest BCUT2D eigenvalue weighted by molar-refractivity contribution is -0.146. The number of rotatable bonds is 4. The summed E-state index contributed by atoms with van der Waals surface area (Å²) in [5, 5.41) is 11.8. The minimum Gasteiger partial charge on any atom is -0.479 e. The molecule has 98 valence electrons. The zero-order chi connectivity index (χ0) is 13.3. The maximum atomic E-state index is 11.7. The lowest BCUT2D eigenvalue weighted by atomic mass is 9.90. The monoisotopic (exact) mass is 243 g/mol. The van der Waals surface area contributed by atoms with Gasteiger partial charge in [-0.05, 0) is 46.0 Å². The first-order valence-corrected chi connectivity index (χ1v) is 5.96. The quantitative estimate of drug-likeness (QED) is 0.793. The Labute approximate surface area is 102 Å². The van der Waals surface area contributed by atoms with E-state index in [1.165, 1.54) is 0 Å². The van der Waals surface area contributed by atoms with Crippen LogP contribution in [0.25, 0.3) is 0 Å². The van der Waals surface area contributed by atoms with Crippen molar-refractivity contribution in [2.45, 2.75) is 58.1 Å². The number of carboxylic acids is 1. The molecule has 0 heterocycles. The molecular weight excluding hydrogens is 222 g/mol. The van der Waals surface area contributed by atoms with Crippen molar-refractivity contribution >= 4 is 12.1 Å². The Kier molecular flexibility index (Phi) is 3.69. The number of amides is 1. The van der Waals surface area contributed by atoms with Crippen LogP contribution in [0.1, 0.15) is 47.0 Å². The number of hydrogen-bond acceptors (Lipinski definition) is 3. The van der Waals surface area contributed by atoms with Crippen molar-refractivity contribution in [1.29, 1.82) is 0 Å². The Balaban J connectivity index is 2.73. The topological polar surface area (TPSA) is 75.6 Å². The highest BCUT2D eigenvalue weighted by molar-refractivity contribution is 5.85. The average Bonchev–Trinajstić information content (AvgIpc) is 2.93. The van der Waals surface area contributed by atoms with Crippen LogP contribution in [-0.4, -0.2) is 28.3 Å². The number of hydrogen-bond donors (Lipinski definition) is 2. The molecule has 0 saturated heterocycles. The van der Waals surface area contributed by atoms with E-state index in [0.29, 0.717) is 6.42 Å². The van der Waals surface area contributed by atoms with Gasteiger partial charge in [-0.25, -0.2) is 9.59 Å². The summed E-state index contributed by atoms with van der Waals surface area (Å²) in [4.78, 5) is 23.0. The van der Waals surface area contributed by atoms with E-state index in [0.717, 1.165) is 12.8 Å². The third-order valence-electron chi connectivity index (χ3n) is 2.94. The van der Waals surface area contributed by atoms with Gasteiger partial charge in [0.05, 0.1) is 0 Å². The summed E-state index contributed by atoms with van der Waals surface area (Å²) < 4.78 is 5.11. The van der Waals surface area contributed by atoms with Crippen LogP contribution in [0.15, 0.2) is 0 Å². The highest BCUT2D eigenvalue weighted by Gasteiger charge is 2.51. The summed E-state index contributed by atoms with van der Waals surface area (Å²) in [6.45, 7) is 7.01. The Hall–Kier alpha value is -1.26. The smallest absolute Gasteiger partial charge is 0.408 e. The maximum absolute atomic E-state index is 11.7. The van der Waals surface area contributed by atoms with E-state index in [1.54, 1.807) is 27.7 Å². The number of carboxylic acid groups (broad SMARTS) is 1. The molecule has 0 aliphatic heterocycles. The van der Waals surface area contributed by atoms with Crippen molar-refractivity contribution in [3.63, 3.8) is 0 Å². The molecule has 0 aromatic rings. The molecule has 1 rings (SSSR count). The zero-order valence-electron chi connectivity index (χ0n) is 10.9. The van der Waals surface area contributed by atoms with Crippen LogP contribution >= 0.6 is 0 Å². The van der Waals surface area contributed by atoms with Gasteiger partial charge in [-0.2, -0.15) is 0 Å². The highest BCUT2D eigenvalue weighted by Crippen LogP contribution is 2.41. The van der Waals surface area contributed by atoms with Crippen molar-refractivity contribution < 1.29 is 19.4 Å². The van der Waals surface area contributed by atoms with Gasteiger partial charge in [0.1, 0.15) is 11.1 Å². The third kappa shape index (κ3) is 3.35. The summed E-state index contributed by atoms with van der Waals surface area (Å²) >= 11 is 0. The molecule has 1 atom stereocenters. The minimum absolute atomic E-state index is 0.0255. The van der Waals surface area contributed by atoms with Gasteiger partial charge in [0.25, 0.3) is 0 Å². The van der Waals surface area contributed by atoms with Crippen LogP contribution in [0.2, 0.25) is 0 Å². The van der Waals surface area contributed by atoms with E-state index >= 15 is 0 Å². The predicted octanol–water partition coefficient (Wildman–Crippen LogP) is 2.15. The summed E-state index contributed by atoms with van der Waals surface area (Å²) in [5.41, 5.74) is -1.78. The third-order valence-corrected chi connectivity index (χ3v) is 2.94. The molecule has 1 aliphatic rings. The molecule has 0 aromatic heterocycles. The van der Waals surface area contributed by atoms with Gasteiger partial charge in [-0.1, -0.05) is 6.92 Å². The Morgan fingerprint density at radius 3 is 2.18 bits per heavy atom. The SMILES string of the molecule is CCC(NC(=O)OC(C)(C)C)(C(=O)O)C1CC1. The van der Waals surface area contributed by atoms with Crippen molar-refractivity contribution in [2.24, 2.45) is 5.92 Å². The molecule has 17 heavy (non-hydrogen) atoms. The molecule has 5 heteroatoms. The second-order valence-electron chi connectivity index (χ2n) is 5.53. The van der Waals surface area contributed by atoms with Crippen LogP contribution in [0.4, 0.5) is 4.79 Å². The van der Waals surface area contributed by atoms with Crippen LogP contribution < -0.4 is 5.32 Å². The van der Waals surface area contributed by atoms with Crippen molar-refractivity contribution in [3.8, 4) is 0 Å². The lowest BCUT2D eigenvalue weighted by Crippen LogP contribution is -2.56. The number of carbonyl (C=O) groups excluding carboxylic acids is 1. The molecule has 2 N–H and O–H groups in total. The van der Waals surface area contributed by atoms with E-state index in [9.17, 15) is 14.7 Å². The highest BCUT2D eigenvalue weighted by atomic mass is 16.6. The largest absolute Gasteiger partial charge is 0.479 e. The molecule has 5 nitrogen and oxygen atoms in total. The number of ether oxygens (including phenoxy) is 1. The summed E-state index contributed by atoms with van der Waals surface area (Å²) in [6, 6.07) is 0. The first-order valence-electron chi connectivity index (χ1n) is 5.96. The molecule has 0 spiro atoms. The van der Waals surface area contributed by atoms with Crippen LogP contribution in [0.5, 0.6) is 0 Å². The molecule has 1 unspecified atom stereocenters. The van der Waals surface area contributed by atoms with Gasteiger partial charge in [0.2, 0.25) is 0 Å². The standard InChI is InChI=1S/C12H21NO4/c1-5-12(9(14)15,8-6-7-8)13-10(16)17-11(2,3)4/h8H,5-7H2,1-4H3,(H,13,16)(H,14,15). The molecule has 1 amide bonds. The van der Waals surface area contributed by atoms with Crippen molar-refractivity contribution in [1.82, 2.24) is 5.32 Å². The molecule has 0 aromatic carbocycles. The second-order valence-corrected chi connectivity index (χ2v) is 5.53. The molecule has 1 fully saturated rings. The molecule has 1 aliphatic carbocycles. The Bertz CT molecular complexity index is 317. The fourth-order valence-corrected chi connectivity index (χ4v) is 1.92. The van der Waals surface area contributed by atoms with E-state index < -0.39 is 23.2 Å². The first kappa shape index (κ1) is 13.8. The van der Waals surface area contributed by atoms with Gasteiger partial charge < -0.3 is 15.2 Å². The normalized spacial score (nSPS) is 19.3. The lowest BCUT2D eigenvalue weighted by Gasteiger charge is -2.30. The second kappa shape index (κ2) is 4.55. The van der Waals surface area contributed by atoms with Gasteiger partial charge in [0.15, 0.2) is 0 Å². The number of nitrogens with one attached hydrogen (secondary N) is 1. The van der Waals surface area contributed by atoms with E-state index in [2.05, 4.69) is 5.32 Å². The van der Waals surface area contributed by atoms with E-state index in [-0.39, 0.29) is 5.92 Å². The minimum atomic E-state index is -1.16. The van der Waals surface area contributed by atoms with E-state index in [4.69, 9.17) is 4.74 Å². The van der Waals surface area contributed by atoms with Gasteiger partial charge in [0, 0.05) is 0 Å². The van der Waals surface area contributed by atoms with Crippen molar-refractivity contribution in [2.75, 3.05) is 0 Å². The summed E-state index contributed by atoms with van der Waals surface area (Å²) in [7, 11) is 0. The number of aliphatic carboxylic acids is 1. The van der Waals surface area contributed by atoms with Gasteiger partial charge in [-0.15, -0.1) is 0 Å². The first-order chi connectivity index (χ1) is 7.71. The maximum Gasteiger partial charge on any atom is 0.408 e. The zero-order valence-corrected chi connectivity index (χ0v) is 10.9. The fourth-order valence-electron chi connectivity index (χ4n) is 1.92. The molecule has 1 saturated carbocycles. The number of carbonyl (C=O) groups is 2. The predicted molar refractivity (Wildman–Crippen MR) is 62.8 cm³/mol. The molecule has 0 bridgehead atoms. The fraction of sp³-hybridized carbons (Fsp3) is 0.833. The van der Waals surface area contributed by atoms with Crippen molar-refractivity contribution in [3.05, 3.63) is 0 Å². The Morgan fingerprint density at radius 2 is 1.88 bits per heavy atom. The van der Waals surface area contributed by atoms with Gasteiger partial charge in [-0.3, -0.25) is 0 Å². The van der Waals surface area contributed by atoms with Crippen LogP contribution in [-0.2, 0) is 9.53 Å². The van der Waals surface area contributed by atoms with Crippen LogP contribution in [0.3, 0.4) is 0 Å².